The van der Waals surface area contributed by atoms with E-state index < -0.39 is 21.8 Å². The standard InChI is InChI=1S/C16H11Cl2N3O4S/c17-11-3-1-2-4-12(11)21-15(22)13(18)14(16(21)23)20-9-5-7-10(8-6-9)26(19,24)25/h1-8,20H,(H2,19,24,25). The number of nitrogens with two attached hydrogens (primary N) is 1. The minimum atomic E-state index is -3.84. The Morgan fingerprint density at radius 2 is 1.54 bits per heavy atom. The second-order valence-corrected chi connectivity index (χ2v) is 7.63. The minimum absolute atomic E-state index is 0.0883. The topological polar surface area (TPSA) is 110 Å². The Labute approximate surface area is 159 Å². The van der Waals surface area contributed by atoms with Gasteiger partial charge in [-0.2, -0.15) is 0 Å². The van der Waals surface area contributed by atoms with Crippen molar-refractivity contribution in [2.45, 2.75) is 4.90 Å². The van der Waals surface area contributed by atoms with Crippen molar-refractivity contribution >= 4 is 56.4 Å². The first-order valence-corrected chi connectivity index (χ1v) is 9.43. The molecule has 0 spiro atoms. The maximum Gasteiger partial charge on any atom is 0.283 e. The smallest absolute Gasteiger partial charge is 0.283 e. The van der Waals surface area contributed by atoms with E-state index in [0.717, 1.165) is 4.90 Å². The fraction of sp³-hybridized carbons (Fsp3) is 0. The molecular formula is C16H11Cl2N3O4S. The Bertz CT molecular complexity index is 1050. The molecule has 3 rings (SSSR count). The van der Waals surface area contributed by atoms with Crippen LogP contribution in [0.3, 0.4) is 0 Å². The van der Waals surface area contributed by atoms with Crippen LogP contribution in [0.4, 0.5) is 11.4 Å². The average Bonchev–Trinajstić information content (AvgIpc) is 2.79. The third-order valence-corrected chi connectivity index (χ3v) is 5.17. The third kappa shape index (κ3) is 3.32. The van der Waals surface area contributed by atoms with Crippen LogP contribution >= 0.6 is 23.2 Å². The van der Waals surface area contributed by atoms with Gasteiger partial charge in [-0.25, -0.2) is 18.5 Å². The number of hydrogen-bond acceptors (Lipinski definition) is 5. The first kappa shape index (κ1) is 18.4. The predicted molar refractivity (Wildman–Crippen MR) is 98.3 cm³/mol. The van der Waals surface area contributed by atoms with Crippen molar-refractivity contribution in [3.05, 3.63) is 64.3 Å². The zero-order valence-corrected chi connectivity index (χ0v) is 15.3. The molecule has 3 N–H and O–H groups in total. The normalized spacial score (nSPS) is 15.0. The summed E-state index contributed by atoms with van der Waals surface area (Å²) in [7, 11) is -3.84. The summed E-state index contributed by atoms with van der Waals surface area (Å²) >= 11 is 12.1. The summed E-state index contributed by atoms with van der Waals surface area (Å²) in [5, 5.41) is 7.68. The molecule has 0 aromatic heterocycles. The van der Waals surface area contributed by atoms with Gasteiger partial charge in [0.05, 0.1) is 15.6 Å². The van der Waals surface area contributed by atoms with Gasteiger partial charge < -0.3 is 5.32 Å². The molecule has 2 aromatic rings. The van der Waals surface area contributed by atoms with Crippen molar-refractivity contribution in [2.24, 2.45) is 5.14 Å². The van der Waals surface area contributed by atoms with E-state index in [9.17, 15) is 18.0 Å². The molecule has 0 radical (unpaired) electrons. The minimum Gasteiger partial charge on any atom is -0.350 e. The molecule has 0 saturated carbocycles. The number of imide groups is 1. The maximum absolute atomic E-state index is 12.6. The highest BCUT2D eigenvalue weighted by Gasteiger charge is 2.39. The molecule has 2 aromatic carbocycles. The summed E-state index contributed by atoms with van der Waals surface area (Å²) in [5.41, 5.74) is 0.427. The monoisotopic (exact) mass is 411 g/mol. The number of nitrogens with zero attached hydrogens (tertiary/aromatic N) is 1. The second-order valence-electron chi connectivity index (χ2n) is 5.28. The van der Waals surface area contributed by atoms with E-state index in [0.29, 0.717) is 5.69 Å². The van der Waals surface area contributed by atoms with Crippen molar-refractivity contribution in [2.75, 3.05) is 10.2 Å². The van der Waals surface area contributed by atoms with Gasteiger partial charge >= 0.3 is 0 Å². The molecule has 1 aliphatic rings. The van der Waals surface area contributed by atoms with Gasteiger partial charge in [-0.1, -0.05) is 35.3 Å². The van der Waals surface area contributed by atoms with Gasteiger partial charge in [0.15, 0.2) is 0 Å². The molecule has 0 atom stereocenters. The quantitative estimate of drug-likeness (QED) is 0.750. The Kier molecular flexibility index (Phi) is 4.76. The van der Waals surface area contributed by atoms with E-state index in [2.05, 4.69) is 5.32 Å². The van der Waals surface area contributed by atoms with Crippen LogP contribution in [0.15, 0.2) is 64.2 Å². The molecule has 0 bridgehead atoms. The van der Waals surface area contributed by atoms with Gasteiger partial charge in [-0.15, -0.1) is 0 Å². The van der Waals surface area contributed by atoms with Crippen LogP contribution in [0.2, 0.25) is 5.02 Å². The predicted octanol–water partition coefficient (Wildman–Crippen LogP) is 2.42. The van der Waals surface area contributed by atoms with Crippen LogP contribution < -0.4 is 15.4 Å². The zero-order chi connectivity index (χ0) is 19.1. The molecule has 0 fully saturated rings. The Hall–Kier alpha value is -2.39. The van der Waals surface area contributed by atoms with E-state index in [-0.39, 0.29) is 26.3 Å². The lowest BCUT2D eigenvalue weighted by atomic mass is 10.3. The van der Waals surface area contributed by atoms with E-state index in [1.54, 1.807) is 18.2 Å². The summed E-state index contributed by atoms with van der Waals surface area (Å²) in [6, 6.07) is 11.7. The number of halogens is 2. The highest BCUT2D eigenvalue weighted by molar-refractivity contribution is 7.89. The highest BCUT2D eigenvalue weighted by atomic mass is 35.5. The zero-order valence-electron chi connectivity index (χ0n) is 12.9. The summed E-state index contributed by atoms with van der Waals surface area (Å²) in [6.07, 6.45) is 0. The SMILES string of the molecule is NS(=O)(=O)c1ccc(NC2=C(Cl)C(=O)N(c3ccccc3Cl)C2=O)cc1. The molecule has 0 unspecified atom stereocenters. The third-order valence-electron chi connectivity index (χ3n) is 3.57. The largest absolute Gasteiger partial charge is 0.350 e. The molecule has 2 amide bonds. The Morgan fingerprint density at radius 3 is 2.12 bits per heavy atom. The number of sulfonamides is 1. The van der Waals surface area contributed by atoms with Gasteiger partial charge in [0.25, 0.3) is 11.8 Å². The van der Waals surface area contributed by atoms with Crippen molar-refractivity contribution in [3.63, 3.8) is 0 Å². The van der Waals surface area contributed by atoms with E-state index in [1.165, 1.54) is 30.3 Å². The first-order chi connectivity index (χ1) is 12.2. The summed E-state index contributed by atoms with van der Waals surface area (Å²) in [5.74, 6) is -1.39. The fourth-order valence-corrected chi connectivity index (χ4v) is 3.28. The van der Waals surface area contributed by atoms with E-state index >= 15 is 0 Å². The number of anilines is 2. The van der Waals surface area contributed by atoms with Gasteiger partial charge in [-0.3, -0.25) is 9.59 Å². The number of benzene rings is 2. The van der Waals surface area contributed by atoms with Crippen LogP contribution in [-0.4, -0.2) is 20.2 Å². The van der Waals surface area contributed by atoms with Crippen LogP contribution in [0, 0.1) is 0 Å². The number of nitrogens with one attached hydrogen (secondary N) is 1. The van der Waals surface area contributed by atoms with Crippen LogP contribution in [0.25, 0.3) is 0 Å². The van der Waals surface area contributed by atoms with Crippen LogP contribution in [-0.2, 0) is 19.6 Å². The highest BCUT2D eigenvalue weighted by Crippen LogP contribution is 2.34. The van der Waals surface area contributed by atoms with E-state index in [4.69, 9.17) is 28.3 Å². The number of hydrogen-bond donors (Lipinski definition) is 2. The number of amides is 2. The number of para-hydroxylation sites is 1. The van der Waals surface area contributed by atoms with Crippen molar-refractivity contribution in [3.8, 4) is 0 Å². The number of carbonyl (C=O) groups is 2. The first-order valence-electron chi connectivity index (χ1n) is 7.13. The Morgan fingerprint density at radius 1 is 0.923 bits per heavy atom. The van der Waals surface area contributed by atoms with Crippen LogP contribution in [0.5, 0.6) is 0 Å². The lowest BCUT2D eigenvalue weighted by Crippen LogP contribution is -2.32. The van der Waals surface area contributed by atoms with Crippen molar-refractivity contribution in [1.82, 2.24) is 0 Å². The molecule has 134 valence electrons. The maximum atomic E-state index is 12.6. The Balaban J connectivity index is 1.90. The number of carbonyl (C=O) groups excluding carboxylic acids is 2. The van der Waals surface area contributed by atoms with Gasteiger partial charge in [0, 0.05) is 5.69 Å². The molecule has 0 aliphatic carbocycles. The lowest BCUT2D eigenvalue weighted by Gasteiger charge is -2.16. The van der Waals surface area contributed by atoms with Crippen LogP contribution in [0.1, 0.15) is 0 Å². The van der Waals surface area contributed by atoms with Crippen molar-refractivity contribution < 1.29 is 18.0 Å². The average molecular weight is 412 g/mol. The molecule has 26 heavy (non-hydrogen) atoms. The summed E-state index contributed by atoms with van der Waals surface area (Å²) < 4.78 is 22.6. The molecule has 1 heterocycles. The molecule has 10 heteroatoms. The van der Waals surface area contributed by atoms with Gasteiger partial charge in [0.1, 0.15) is 10.7 Å². The fourth-order valence-electron chi connectivity index (χ4n) is 2.34. The molecule has 0 saturated heterocycles. The summed E-state index contributed by atoms with van der Waals surface area (Å²) in [6.45, 7) is 0. The lowest BCUT2D eigenvalue weighted by molar-refractivity contribution is -0.120. The molecular weight excluding hydrogens is 401 g/mol. The molecule has 7 nitrogen and oxygen atoms in total. The summed E-state index contributed by atoms with van der Waals surface area (Å²) in [4.78, 5) is 25.8. The number of primary sulfonamides is 1. The second kappa shape index (κ2) is 6.73. The van der Waals surface area contributed by atoms with Gasteiger partial charge in [-0.05, 0) is 36.4 Å². The van der Waals surface area contributed by atoms with E-state index in [1.807, 2.05) is 0 Å². The number of rotatable bonds is 4. The van der Waals surface area contributed by atoms with Gasteiger partial charge in [0.2, 0.25) is 10.0 Å². The molecule has 1 aliphatic heterocycles. The van der Waals surface area contributed by atoms with Crippen molar-refractivity contribution in [1.29, 1.82) is 0 Å².